The number of hydrogen-bond donors (Lipinski definition) is 0. The lowest BCUT2D eigenvalue weighted by atomic mass is 10.0. The quantitative estimate of drug-likeness (QED) is 0.676. The fourth-order valence-electron chi connectivity index (χ4n) is 1.67. The Hall–Kier alpha value is -0.900. The summed E-state index contributed by atoms with van der Waals surface area (Å²) in [5.74, 6) is -0.926. The predicted molar refractivity (Wildman–Crippen MR) is 78.6 cm³/mol. The van der Waals surface area contributed by atoms with E-state index in [9.17, 15) is 9.18 Å². The van der Waals surface area contributed by atoms with Crippen LogP contribution in [0.2, 0.25) is 10.0 Å². The van der Waals surface area contributed by atoms with Crippen LogP contribution in [0.1, 0.15) is 15.9 Å². The molecule has 0 unspecified atom stereocenters. The van der Waals surface area contributed by atoms with Crippen molar-refractivity contribution in [1.29, 1.82) is 0 Å². The summed E-state index contributed by atoms with van der Waals surface area (Å²) in [5, 5.41) is 0.799. The van der Waals surface area contributed by atoms with Crippen molar-refractivity contribution in [3.8, 4) is 0 Å². The van der Waals surface area contributed by atoms with E-state index in [1.165, 1.54) is 18.2 Å². The lowest BCUT2D eigenvalue weighted by Gasteiger charge is -2.07. The summed E-state index contributed by atoms with van der Waals surface area (Å²) in [4.78, 5) is 12.1. The highest BCUT2D eigenvalue weighted by atomic mass is 79.9. The highest BCUT2D eigenvalue weighted by Crippen LogP contribution is 2.26. The van der Waals surface area contributed by atoms with Gasteiger partial charge in [-0.1, -0.05) is 45.2 Å². The van der Waals surface area contributed by atoms with E-state index in [0.29, 0.717) is 20.1 Å². The van der Waals surface area contributed by atoms with Crippen LogP contribution in [0.25, 0.3) is 0 Å². The Labute approximate surface area is 128 Å². The van der Waals surface area contributed by atoms with Crippen molar-refractivity contribution in [1.82, 2.24) is 0 Å². The number of carbonyl (C=O) groups excluding carboxylic acids is 1. The molecule has 0 aromatic heterocycles. The summed E-state index contributed by atoms with van der Waals surface area (Å²) < 4.78 is 14.3. The molecule has 1 nitrogen and oxygen atoms in total. The third-order valence-electron chi connectivity index (χ3n) is 2.63. The molecule has 0 bridgehead atoms. The Bertz CT molecular complexity index is 623. The van der Waals surface area contributed by atoms with Gasteiger partial charge in [0.25, 0.3) is 0 Å². The Morgan fingerprint density at radius 2 is 1.79 bits per heavy atom. The Morgan fingerprint density at radius 3 is 2.42 bits per heavy atom. The van der Waals surface area contributed by atoms with E-state index in [0.717, 1.165) is 0 Å². The Kier molecular flexibility index (Phi) is 4.61. The van der Waals surface area contributed by atoms with Crippen LogP contribution in [0.15, 0.2) is 40.9 Å². The number of rotatable bonds is 3. The summed E-state index contributed by atoms with van der Waals surface area (Å²) >= 11 is 15.2. The highest BCUT2D eigenvalue weighted by molar-refractivity contribution is 9.10. The fraction of sp³-hybridized carbons (Fsp3) is 0.0714. The largest absolute Gasteiger partial charge is 0.294 e. The third kappa shape index (κ3) is 3.35. The monoisotopic (exact) mass is 360 g/mol. The molecule has 98 valence electrons. The van der Waals surface area contributed by atoms with Crippen molar-refractivity contribution in [2.45, 2.75) is 6.42 Å². The van der Waals surface area contributed by atoms with Gasteiger partial charge in [-0.05, 0) is 35.9 Å². The van der Waals surface area contributed by atoms with Gasteiger partial charge in [-0.25, -0.2) is 4.39 Å². The minimum absolute atomic E-state index is 0.0189. The van der Waals surface area contributed by atoms with Crippen molar-refractivity contribution < 1.29 is 9.18 Å². The molecule has 0 radical (unpaired) electrons. The number of halogens is 4. The number of benzene rings is 2. The van der Waals surface area contributed by atoms with Gasteiger partial charge in [0.05, 0.1) is 5.56 Å². The molecule has 2 aromatic carbocycles. The molecule has 0 N–H and O–H groups in total. The Balaban J connectivity index is 2.34. The predicted octanol–water partition coefficient (Wildman–Crippen LogP) is 5.32. The first-order valence-corrected chi connectivity index (χ1v) is 6.95. The minimum Gasteiger partial charge on any atom is -0.294 e. The molecule has 0 fully saturated rings. The smallest absolute Gasteiger partial charge is 0.170 e. The second kappa shape index (κ2) is 6.04. The number of ketones is 1. The molecule has 0 aliphatic carbocycles. The molecule has 19 heavy (non-hydrogen) atoms. The summed E-state index contributed by atoms with van der Waals surface area (Å²) in [7, 11) is 0. The molecule has 0 spiro atoms. The second-order valence-corrected chi connectivity index (χ2v) is 5.65. The lowest BCUT2D eigenvalue weighted by molar-refractivity contribution is 0.0989. The zero-order valence-electron chi connectivity index (χ0n) is 9.59. The molecule has 2 aromatic rings. The van der Waals surface area contributed by atoms with Crippen molar-refractivity contribution in [2.24, 2.45) is 0 Å². The standard InChI is InChI=1S/C14H8BrCl2FO/c15-8-4-5-13(18)10(6-8)14(19)7-9-11(16)2-1-3-12(9)17/h1-6H,7H2. The SMILES string of the molecule is O=C(Cc1c(Cl)cccc1Cl)c1cc(Br)ccc1F. The van der Waals surface area contributed by atoms with Crippen LogP contribution in [0.3, 0.4) is 0 Å². The van der Waals surface area contributed by atoms with Crippen LogP contribution in [0.4, 0.5) is 4.39 Å². The molecule has 0 atom stereocenters. The maximum Gasteiger partial charge on any atom is 0.170 e. The molecule has 5 heteroatoms. The molecule has 0 aliphatic heterocycles. The van der Waals surface area contributed by atoms with Crippen molar-refractivity contribution in [3.63, 3.8) is 0 Å². The van der Waals surface area contributed by atoms with Gasteiger partial charge in [0.2, 0.25) is 0 Å². The van der Waals surface area contributed by atoms with E-state index < -0.39 is 5.82 Å². The molecule has 0 saturated heterocycles. The van der Waals surface area contributed by atoms with Crippen LogP contribution in [0, 0.1) is 5.82 Å². The van der Waals surface area contributed by atoms with Crippen LogP contribution in [-0.2, 0) is 6.42 Å². The normalized spacial score (nSPS) is 10.5. The maximum absolute atomic E-state index is 13.6. The number of hydrogen-bond acceptors (Lipinski definition) is 1. The lowest BCUT2D eigenvalue weighted by Crippen LogP contribution is -2.07. The third-order valence-corrected chi connectivity index (χ3v) is 3.83. The average molecular weight is 362 g/mol. The highest BCUT2D eigenvalue weighted by Gasteiger charge is 2.16. The number of carbonyl (C=O) groups is 1. The van der Waals surface area contributed by atoms with Gasteiger partial charge in [-0.2, -0.15) is 0 Å². The van der Waals surface area contributed by atoms with Gasteiger partial charge in [-0.3, -0.25) is 4.79 Å². The Morgan fingerprint density at radius 1 is 1.16 bits per heavy atom. The summed E-state index contributed by atoms with van der Waals surface area (Å²) in [5.41, 5.74) is 0.528. The first-order valence-electron chi connectivity index (χ1n) is 5.40. The minimum atomic E-state index is -0.559. The zero-order valence-corrected chi connectivity index (χ0v) is 12.7. The van der Waals surface area contributed by atoms with E-state index in [1.807, 2.05) is 0 Å². The summed E-state index contributed by atoms with van der Waals surface area (Å²) in [6.07, 6.45) is -0.0358. The van der Waals surface area contributed by atoms with Gasteiger partial charge in [-0.15, -0.1) is 0 Å². The van der Waals surface area contributed by atoms with E-state index in [2.05, 4.69) is 15.9 Å². The average Bonchev–Trinajstić information content (AvgIpc) is 2.37. The molecular weight excluding hydrogens is 354 g/mol. The number of Topliss-reactive ketones (excluding diaryl/α,β-unsaturated/α-hetero) is 1. The van der Waals surface area contributed by atoms with Crippen molar-refractivity contribution in [2.75, 3.05) is 0 Å². The second-order valence-electron chi connectivity index (χ2n) is 3.92. The first kappa shape index (κ1) is 14.5. The first-order chi connectivity index (χ1) is 8.99. The van der Waals surface area contributed by atoms with Gasteiger partial charge in [0.15, 0.2) is 5.78 Å². The van der Waals surface area contributed by atoms with Crippen LogP contribution >= 0.6 is 39.1 Å². The van der Waals surface area contributed by atoms with Crippen LogP contribution in [-0.4, -0.2) is 5.78 Å². The van der Waals surface area contributed by atoms with Crippen LogP contribution < -0.4 is 0 Å². The molecule has 2 rings (SSSR count). The van der Waals surface area contributed by atoms with E-state index in [1.54, 1.807) is 18.2 Å². The zero-order chi connectivity index (χ0) is 14.0. The molecule has 0 aliphatic rings. The van der Waals surface area contributed by atoms with Crippen molar-refractivity contribution in [3.05, 3.63) is 67.9 Å². The van der Waals surface area contributed by atoms with E-state index >= 15 is 0 Å². The van der Waals surface area contributed by atoms with E-state index in [-0.39, 0.29) is 17.8 Å². The maximum atomic E-state index is 13.6. The topological polar surface area (TPSA) is 17.1 Å². The summed E-state index contributed by atoms with van der Waals surface area (Å²) in [6.45, 7) is 0. The van der Waals surface area contributed by atoms with Gasteiger partial charge >= 0.3 is 0 Å². The van der Waals surface area contributed by atoms with Gasteiger partial charge < -0.3 is 0 Å². The molecular formula is C14H8BrCl2FO. The van der Waals surface area contributed by atoms with E-state index in [4.69, 9.17) is 23.2 Å². The fourth-order valence-corrected chi connectivity index (χ4v) is 2.56. The van der Waals surface area contributed by atoms with Crippen molar-refractivity contribution >= 4 is 44.9 Å². The molecule has 0 saturated carbocycles. The summed E-state index contributed by atoms with van der Waals surface area (Å²) in [6, 6.07) is 9.21. The van der Waals surface area contributed by atoms with Gasteiger partial charge in [0, 0.05) is 20.9 Å². The van der Waals surface area contributed by atoms with Crippen LogP contribution in [0.5, 0.6) is 0 Å². The molecule has 0 heterocycles. The van der Waals surface area contributed by atoms with Gasteiger partial charge in [0.1, 0.15) is 5.82 Å². The molecule has 0 amide bonds.